The number of hydrogen-bond acceptors (Lipinski definition) is 4. The van der Waals surface area contributed by atoms with Gasteiger partial charge in [0.2, 0.25) is 5.91 Å². The normalized spacial score (nSPS) is 11.5. The Kier molecular flexibility index (Phi) is 6.47. The number of aromatic nitrogens is 3. The van der Waals surface area contributed by atoms with E-state index >= 15 is 0 Å². The smallest absolute Gasteiger partial charge is 0.352 e. The number of carbonyl (C=O) groups is 2. The molecule has 2 heterocycles. The fourth-order valence-corrected chi connectivity index (χ4v) is 2.71. The van der Waals surface area contributed by atoms with Crippen molar-refractivity contribution in [3.63, 3.8) is 0 Å². The number of hydrogen-bond donors (Lipinski definition) is 2. The number of alkyl halides is 3. The number of fused-ring (bicyclic) bond motifs is 1. The molecular weight excluding hydrogens is 425 g/mol. The number of nitrogens with one attached hydrogen (secondary N) is 2. The number of amides is 2. The summed E-state index contributed by atoms with van der Waals surface area (Å²) in [6, 6.07) is 4.62. The molecule has 0 bridgehead atoms. The number of benzene rings is 1. The van der Waals surface area contributed by atoms with Crippen LogP contribution in [0.25, 0.3) is 5.65 Å². The summed E-state index contributed by atoms with van der Waals surface area (Å²) in [5.74, 6) is -2.85. The van der Waals surface area contributed by atoms with E-state index < -0.39 is 35.2 Å². The van der Waals surface area contributed by atoms with E-state index in [2.05, 4.69) is 20.8 Å². The SMILES string of the molecule is O=C(CCCNC(=O)c1ccc(F)cc1F)NCc1nnc2ccc(C(F)(F)F)cn12. The fourth-order valence-electron chi connectivity index (χ4n) is 2.71. The van der Waals surface area contributed by atoms with Crippen LogP contribution in [0.15, 0.2) is 36.5 Å². The number of pyridine rings is 1. The van der Waals surface area contributed by atoms with Gasteiger partial charge in [-0.1, -0.05) is 0 Å². The monoisotopic (exact) mass is 441 g/mol. The van der Waals surface area contributed by atoms with Crippen LogP contribution in [-0.2, 0) is 17.5 Å². The van der Waals surface area contributed by atoms with Crippen LogP contribution in [0.4, 0.5) is 22.0 Å². The molecule has 0 aliphatic rings. The maximum Gasteiger partial charge on any atom is 0.417 e. The van der Waals surface area contributed by atoms with Crippen LogP contribution in [-0.4, -0.2) is 33.0 Å². The van der Waals surface area contributed by atoms with Crippen molar-refractivity contribution in [2.75, 3.05) is 6.54 Å². The first-order valence-electron chi connectivity index (χ1n) is 9.06. The van der Waals surface area contributed by atoms with E-state index in [4.69, 9.17) is 0 Å². The van der Waals surface area contributed by atoms with E-state index in [1.54, 1.807) is 0 Å². The Hall–Kier alpha value is -3.57. The van der Waals surface area contributed by atoms with Gasteiger partial charge in [0.05, 0.1) is 17.7 Å². The molecule has 7 nitrogen and oxygen atoms in total. The first-order valence-corrected chi connectivity index (χ1v) is 9.06. The number of halogens is 5. The number of rotatable bonds is 7. The van der Waals surface area contributed by atoms with Crippen LogP contribution in [0.2, 0.25) is 0 Å². The molecule has 0 saturated heterocycles. The van der Waals surface area contributed by atoms with Gasteiger partial charge in [0.25, 0.3) is 5.91 Å². The van der Waals surface area contributed by atoms with E-state index in [0.29, 0.717) is 6.07 Å². The lowest BCUT2D eigenvalue weighted by Crippen LogP contribution is -2.28. The molecule has 3 rings (SSSR count). The summed E-state index contributed by atoms with van der Waals surface area (Å²) < 4.78 is 66.1. The largest absolute Gasteiger partial charge is 0.417 e. The van der Waals surface area contributed by atoms with Crippen LogP contribution in [0, 0.1) is 11.6 Å². The third-order valence-electron chi connectivity index (χ3n) is 4.29. The number of carbonyl (C=O) groups excluding carboxylic acids is 2. The summed E-state index contributed by atoms with van der Waals surface area (Å²) in [6.45, 7) is -0.0830. The molecule has 0 aliphatic carbocycles. The molecule has 31 heavy (non-hydrogen) atoms. The van der Waals surface area contributed by atoms with E-state index in [1.165, 1.54) is 6.07 Å². The van der Waals surface area contributed by atoms with Crippen molar-refractivity contribution in [2.45, 2.75) is 25.6 Å². The highest BCUT2D eigenvalue weighted by Gasteiger charge is 2.31. The molecule has 0 aliphatic heterocycles. The van der Waals surface area contributed by atoms with Gasteiger partial charge in [0.15, 0.2) is 11.5 Å². The van der Waals surface area contributed by atoms with Gasteiger partial charge in [0, 0.05) is 25.2 Å². The van der Waals surface area contributed by atoms with Crippen molar-refractivity contribution < 1.29 is 31.5 Å². The molecule has 0 radical (unpaired) electrons. The van der Waals surface area contributed by atoms with Crippen LogP contribution in [0.1, 0.15) is 34.6 Å². The summed E-state index contributed by atoms with van der Waals surface area (Å²) in [4.78, 5) is 23.8. The minimum absolute atomic E-state index is 0.00326. The minimum Gasteiger partial charge on any atom is -0.352 e. The standard InChI is InChI=1S/C19H16F5N5O2/c20-12-4-5-13(14(21)8-12)18(31)25-7-1-2-17(30)26-9-16-28-27-15-6-3-11(10-29(15)16)19(22,23)24/h3-6,8,10H,1-2,7,9H2,(H,25,31)(H,26,30). The molecule has 0 atom stereocenters. The van der Waals surface area contributed by atoms with Crippen molar-refractivity contribution >= 4 is 17.5 Å². The summed E-state index contributed by atoms with van der Waals surface area (Å²) in [6.07, 6.45) is -3.46. The molecule has 0 saturated carbocycles. The summed E-state index contributed by atoms with van der Waals surface area (Å²) in [5, 5.41) is 12.4. The van der Waals surface area contributed by atoms with Crippen molar-refractivity contribution in [3.8, 4) is 0 Å². The molecule has 1 aromatic carbocycles. The average molecular weight is 441 g/mol. The molecule has 2 aromatic heterocycles. The highest BCUT2D eigenvalue weighted by molar-refractivity contribution is 5.94. The van der Waals surface area contributed by atoms with E-state index in [-0.39, 0.29) is 43.0 Å². The van der Waals surface area contributed by atoms with Gasteiger partial charge in [-0.15, -0.1) is 10.2 Å². The van der Waals surface area contributed by atoms with Gasteiger partial charge in [-0.2, -0.15) is 13.2 Å². The molecule has 0 fully saturated rings. The van der Waals surface area contributed by atoms with Gasteiger partial charge >= 0.3 is 6.18 Å². The van der Waals surface area contributed by atoms with Gasteiger partial charge < -0.3 is 10.6 Å². The molecule has 0 spiro atoms. The fraction of sp³-hybridized carbons (Fsp3) is 0.263. The third-order valence-corrected chi connectivity index (χ3v) is 4.29. The zero-order chi connectivity index (χ0) is 22.6. The van der Waals surface area contributed by atoms with E-state index in [0.717, 1.165) is 28.8 Å². The molecule has 2 amide bonds. The average Bonchev–Trinajstić information content (AvgIpc) is 3.11. The zero-order valence-electron chi connectivity index (χ0n) is 15.8. The van der Waals surface area contributed by atoms with Crippen LogP contribution >= 0.6 is 0 Å². The first-order chi connectivity index (χ1) is 14.6. The third kappa shape index (κ3) is 5.53. The van der Waals surface area contributed by atoms with Gasteiger partial charge in [-0.05, 0) is 30.7 Å². The molecule has 164 valence electrons. The second kappa shape index (κ2) is 9.06. The summed E-state index contributed by atoms with van der Waals surface area (Å²) in [5.41, 5.74) is -0.989. The Labute approximate surface area is 172 Å². The van der Waals surface area contributed by atoms with E-state index in [9.17, 15) is 31.5 Å². The van der Waals surface area contributed by atoms with Gasteiger partial charge in [0.1, 0.15) is 11.6 Å². The van der Waals surface area contributed by atoms with Crippen molar-refractivity contribution in [1.82, 2.24) is 25.2 Å². The Morgan fingerprint density at radius 1 is 1.03 bits per heavy atom. The molecule has 2 N–H and O–H groups in total. The second-order valence-corrected chi connectivity index (χ2v) is 6.52. The van der Waals surface area contributed by atoms with Crippen LogP contribution in [0.5, 0.6) is 0 Å². The minimum atomic E-state index is -4.53. The summed E-state index contributed by atoms with van der Waals surface area (Å²) >= 11 is 0. The van der Waals surface area contributed by atoms with Crippen LogP contribution < -0.4 is 10.6 Å². The van der Waals surface area contributed by atoms with E-state index in [1.807, 2.05) is 0 Å². The van der Waals surface area contributed by atoms with Crippen molar-refractivity contribution in [3.05, 3.63) is 65.1 Å². The Morgan fingerprint density at radius 2 is 1.81 bits per heavy atom. The quantitative estimate of drug-likeness (QED) is 0.436. The van der Waals surface area contributed by atoms with Gasteiger partial charge in [-0.25, -0.2) is 8.78 Å². The number of nitrogens with zero attached hydrogens (tertiary/aromatic N) is 3. The zero-order valence-corrected chi connectivity index (χ0v) is 15.8. The molecule has 3 aromatic rings. The van der Waals surface area contributed by atoms with Crippen LogP contribution in [0.3, 0.4) is 0 Å². The second-order valence-electron chi connectivity index (χ2n) is 6.52. The molecule has 0 unspecified atom stereocenters. The maximum absolute atomic E-state index is 13.5. The molecule has 12 heteroatoms. The van der Waals surface area contributed by atoms with Crippen molar-refractivity contribution in [2.24, 2.45) is 0 Å². The first kappa shape index (κ1) is 22.1. The Balaban J connectivity index is 1.47. The predicted octanol–water partition coefficient (Wildman–Crippen LogP) is 2.85. The highest BCUT2D eigenvalue weighted by Crippen LogP contribution is 2.29. The summed E-state index contributed by atoms with van der Waals surface area (Å²) in [7, 11) is 0. The lowest BCUT2D eigenvalue weighted by Gasteiger charge is -2.08. The lowest BCUT2D eigenvalue weighted by molar-refractivity contribution is -0.137. The lowest BCUT2D eigenvalue weighted by atomic mass is 10.2. The topological polar surface area (TPSA) is 88.4 Å². The van der Waals surface area contributed by atoms with Gasteiger partial charge in [-0.3, -0.25) is 14.0 Å². The Morgan fingerprint density at radius 3 is 2.52 bits per heavy atom. The Bertz CT molecular complexity index is 1110. The maximum atomic E-state index is 13.5. The molecular formula is C19H16F5N5O2. The predicted molar refractivity (Wildman–Crippen MR) is 97.8 cm³/mol. The van der Waals surface area contributed by atoms with Crippen molar-refractivity contribution in [1.29, 1.82) is 0 Å². The highest BCUT2D eigenvalue weighted by atomic mass is 19.4.